The lowest BCUT2D eigenvalue weighted by Crippen LogP contribution is -2.50. The van der Waals surface area contributed by atoms with Crippen LogP contribution >= 0.6 is 15.9 Å². The monoisotopic (exact) mass is 504 g/mol. The van der Waals surface area contributed by atoms with Crippen LogP contribution in [0, 0.1) is 0 Å². The highest BCUT2D eigenvalue weighted by Gasteiger charge is 2.29. The molecule has 1 unspecified atom stereocenters. The van der Waals surface area contributed by atoms with Crippen molar-refractivity contribution in [2.75, 3.05) is 20.3 Å². The summed E-state index contributed by atoms with van der Waals surface area (Å²) in [5.41, 5.74) is 2.06. The van der Waals surface area contributed by atoms with Crippen molar-refractivity contribution in [3.63, 3.8) is 0 Å². The van der Waals surface area contributed by atoms with E-state index in [0.29, 0.717) is 24.5 Å². The highest BCUT2D eigenvalue weighted by Crippen LogP contribution is 2.26. The first kappa shape index (κ1) is 25.7. The lowest BCUT2D eigenvalue weighted by atomic mass is 10.1. The Hall–Kier alpha value is -2.54. The quantitative estimate of drug-likeness (QED) is 0.453. The zero-order chi connectivity index (χ0) is 23.5. The van der Waals surface area contributed by atoms with Gasteiger partial charge in [-0.3, -0.25) is 9.59 Å². The van der Waals surface area contributed by atoms with Crippen LogP contribution in [-0.2, 0) is 22.6 Å². The Morgan fingerprint density at radius 3 is 2.50 bits per heavy atom. The van der Waals surface area contributed by atoms with Gasteiger partial charge in [0.25, 0.3) is 5.91 Å². The van der Waals surface area contributed by atoms with E-state index < -0.39 is 6.04 Å². The molecule has 2 amide bonds. The fourth-order valence-corrected chi connectivity index (χ4v) is 3.90. The predicted molar refractivity (Wildman–Crippen MR) is 130 cm³/mol. The summed E-state index contributed by atoms with van der Waals surface area (Å²) in [5, 5.41) is 2.92. The van der Waals surface area contributed by atoms with Crippen molar-refractivity contribution < 1.29 is 19.1 Å². The van der Waals surface area contributed by atoms with E-state index in [1.807, 2.05) is 56.3 Å². The van der Waals surface area contributed by atoms with E-state index in [1.165, 1.54) is 5.56 Å². The molecule has 32 heavy (non-hydrogen) atoms. The molecule has 0 saturated heterocycles. The normalized spacial score (nSPS) is 11.5. The summed E-state index contributed by atoms with van der Waals surface area (Å²) < 4.78 is 11.9. The minimum atomic E-state index is -0.588. The molecular formula is C25H33BrN2O4. The number of nitrogens with zero attached hydrogens (tertiary/aromatic N) is 1. The number of halogens is 1. The second-order valence-electron chi connectivity index (χ2n) is 7.50. The molecule has 1 atom stereocenters. The molecule has 174 valence electrons. The Labute approximate surface area is 199 Å². The topological polar surface area (TPSA) is 67.9 Å². The molecule has 2 aromatic rings. The third-order valence-electron chi connectivity index (χ3n) is 5.18. The number of ether oxygens (including phenoxy) is 2. The number of aryl methyl sites for hydroxylation is 1. The molecule has 0 aliphatic heterocycles. The van der Waals surface area contributed by atoms with Crippen molar-refractivity contribution in [1.82, 2.24) is 10.2 Å². The SMILES string of the molecule is CCCNC(=O)C(CC)N(Cc1cccc(OC)c1)C(=O)COc1ccc(CC)cc1Br. The van der Waals surface area contributed by atoms with E-state index in [0.717, 1.165) is 22.9 Å². The Bertz CT molecular complexity index is 903. The first-order chi connectivity index (χ1) is 15.4. The van der Waals surface area contributed by atoms with Gasteiger partial charge in [-0.05, 0) is 70.6 Å². The van der Waals surface area contributed by atoms with Crippen LogP contribution in [0.5, 0.6) is 11.5 Å². The average molecular weight is 505 g/mol. The molecule has 1 N–H and O–H groups in total. The predicted octanol–water partition coefficient (Wildman–Crippen LogP) is 4.73. The van der Waals surface area contributed by atoms with E-state index >= 15 is 0 Å². The van der Waals surface area contributed by atoms with E-state index in [4.69, 9.17) is 9.47 Å². The molecule has 0 aliphatic rings. The summed E-state index contributed by atoms with van der Waals surface area (Å²) in [6, 6.07) is 12.7. The summed E-state index contributed by atoms with van der Waals surface area (Å²) in [6.07, 6.45) is 2.24. The van der Waals surface area contributed by atoms with Gasteiger partial charge in [0.1, 0.15) is 17.5 Å². The van der Waals surface area contributed by atoms with E-state index in [1.54, 1.807) is 12.0 Å². The lowest BCUT2D eigenvalue weighted by Gasteiger charge is -2.30. The summed E-state index contributed by atoms with van der Waals surface area (Å²) in [7, 11) is 1.60. The Kier molecular flexibility index (Phi) is 10.5. The minimum absolute atomic E-state index is 0.154. The number of rotatable bonds is 12. The second-order valence-corrected chi connectivity index (χ2v) is 8.35. The number of benzene rings is 2. The molecule has 0 fully saturated rings. The molecule has 2 aromatic carbocycles. The molecule has 6 nitrogen and oxygen atoms in total. The van der Waals surface area contributed by atoms with Crippen molar-refractivity contribution in [3.05, 3.63) is 58.1 Å². The number of amides is 2. The molecule has 2 rings (SSSR count). The second kappa shape index (κ2) is 13.1. The number of carbonyl (C=O) groups excluding carboxylic acids is 2. The number of methoxy groups -OCH3 is 1. The molecule has 0 saturated carbocycles. The number of carbonyl (C=O) groups is 2. The third-order valence-corrected chi connectivity index (χ3v) is 5.80. The van der Waals surface area contributed by atoms with Crippen LogP contribution in [0.1, 0.15) is 44.7 Å². The molecule has 0 radical (unpaired) electrons. The highest BCUT2D eigenvalue weighted by atomic mass is 79.9. The lowest BCUT2D eigenvalue weighted by molar-refractivity contribution is -0.143. The van der Waals surface area contributed by atoms with E-state index in [-0.39, 0.29) is 25.0 Å². The number of hydrogen-bond acceptors (Lipinski definition) is 4. The maximum atomic E-state index is 13.3. The van der Waals surface area contributed by atoms with Crippen LogP contribution in [-0.4, -0.2) is 43.0 Å². The summed E-state index contributed by atoms with van der Waals surface area (Å²) in [6.45, 7) is 6.68. The average Bonchev–Trinajstić information content (AvgIpc) is 2.81. The van der Waals surface area contributed by atoms with Gasteiger partial charge in [-0.1, -0.05) is 39.0 Å². The number of nitrogens with one attached hydrogen (secondary N) is 1. The van der Waals surface area contributed by atoms with Gasteiger partial charge in [0.2, 0.25) is 5.91 Å². The first-order valence-corrected chi connectivity index (χ1v) is 11.8. The largest absolute Gasteiger partial charge is 0.497 e. The van der Waals surface area contributed by atoms with Gasteiger partial charge in [-0.25, -0.2) is 0 Å². The Morgan fingerprint density at radius 1 is 1.09 bits per heavy atom. The maximum absolute atomic E-state index is 13.3. The van der Waals surface area contributed by atoms with Gasteiger partial charge in [-0.2, -0.15) is 0 Å². The third kappa shape index (κ3) is 7.26. The van der Waals surface area contributed by atoms with Crippen LogP contribution in [0.2, 0.25) is 0 Å². The standard InChI is InChI=1S/C25H33BrN2O4/c1-5-13-27-25(30)22(7-3)28(16-19-9-8-10-20(14-19)31-4)24(29)17-32-23-12-11-18(6-2)15-21(23)26/h8-12,14-15,22H,5-7,13,16-17H2,1-4H3,(H,27,30). The molecule has 0 bridgehead atoms. The van der Waals surface area contributed by atoms with Gasteiger partial charge in [-0.15, -0.1) is 0 Å². The summed E-state index contributed by atoms with van der Waals surface area (Å²) >= 11 is 3.51. The van der Waals surface area contributed by atoms with Crippen molar-refractivity contribution in [3.8, 4) is 11.5 Å². The van der Waals surface area contributed by atoms with Gasteiger partial charge in [0.15, 0.2) is 6.61 Å². The smallest absolute Gasteiger partial charge is 0.261 e. The van der Waals surface area contributed by atoms with Crippen LogP contribution in [0.4, 0.5) is 0 Å². The van der Waals surface area contributed by atoms with Crippen molar-refractivity contribution in [2.45, 2.75) is 52.6 Å². The minimum Gasteiger partial charge on any atom is -0.497 e. The fraction of sp³-hybridized carbons (Fsp3) is 0.440. The van der Waals surface area contributed by atoms with Crippen molar-refractivity contribution >= 4 is 27.7 Å². The van der Waals surface area contributed by atoms with Gasteiger partial charge in [0, 0.05) is 13.1 Å². The van der Waals surface area contributed by atoms with Crippen molar-refractivity contribution in [1.29, 1.82) is 0 Å². The van der Waals surface area contributed by atoms with Crippen LogP contribution in [0.3, 0.4) is 0 Å². The van der Waals surface area contributed by atoms with Gasteiger partial charge < -0.3 is 19.7 Å². The zero-order valence-electron chi connectivity index (χ0n) is 19.3. The van der Waals surface area contributed by atoms with Crippen LogP contribution in [0.25, 0.3) is 0 Å². The number of hydrogen-bond donors (Lipinski definition) is 1. The molecule has 0 heterocycles. The molecule has 0 spiro atoms. The summed E-state index contributed by atoms with van der Waals surface area (Å²) in [4.78, 5) is 27.7. The maximum Gasteiger partial charge on any atom is 0.261 e. The fourth-order valence-electron chi connectivity index (χ4n) is 3.36. The zero-order valence-corrected chi connectivity index (χ0v) is 20.9. The first-order valence-electron chi connectivity index (χ1n) is 11.0. The van der Waals surface area contributed by atoms with Crippen molar-refractivity contribution in [2.24, 2.45) is 0 Å². The Balaban J connectivity index is 2.23. The molecule has 7 heteroatoms. The Morgan fingerprint density at radius 2 is 1.88 bits per heavy atom. The molecule has 0 aromatic heterocycles. The van der Waals surface area contributed by atoms with Crippen LogP contribution < -0.4 is 14.8 Å². The molecular weight excluding hydrogens is 472 g/mol. The molecule has 0 aliphatic carbocycles. The van der Waals surface area contributed by atoms with Gasteiger partial charge in [0.05, 0.1) is 11.6 Å². The highest BCUT2D eigenvalue weighted by molar-refractivity contribution is 9.10. The van der Waals surface area contributed by atoms with E-state index in [9.17, 15) is 9.59 Å². The van der Waals surface area contributed by atoms with E-state index in [2.05, 4.69) is 28.2 Å². The van der Waals surface area contributed by atoms with Crippen LogP contribution in [0.15, 0.2) is 46.9 Å². The van der Waals surface area contributed by atoms with Gasteiger partial charge >= 0.3 is 0 Å². The summed E-state index contributed by atoms with van der Waals surface area (Å²) in [5.74, 6) is 0.895.